The zero-order valence-corrected chi connectivity index (χ0v) is 17.2. The maximum Gasteiger partial charge on any atom is 0.170 e. The molecule has 0 atom stereocenters. The van der Waals surface area contributed by atoms with Crippen LogP contribution in [0.25, 0.3) is 0 Å². The minimum absolute atomic E-state index is 0.309. The predicted molar refractivity (Wildman–Crippen MR) is 118 cm³/mol. The van der Waals surface area contributed by atoms with E-state index in [0.29, 0.717) is 29.4 Å². The molecule has 0 saturated carbocycles. The molecule has 0 aliphatic heterocycles. The highest BCUT2D eigenvalue weighted by Gasteiger charge is 2.02. The van der Waals surface area contributed by atoms with Gasteiger partial charge in [0, 0.05) is 16.9 Å². The molecule has 1 rings (SSSR count). The average Bonchev–Trinajstić information content (AvgIpc) is 2.64. The molecule has 0 aliphatic carbocycles. The molecule has 0 heterocycles. The third kappa shape index (κ3) is 12.2. The Morgan fingerprint density at radius 3 is 1.67 bits per heavy atom. The molecule has 0 amide bonds. The molecule has 0 saturated heterocycles. The van der Waals surface area contributed by atoms with Crippen LogP contribution in [0.3, 0.4) is 0 Å². The number of hydrogen-bond donors (Lipinski definition) is 3. The third-order valence-electron chi connectivity index (χ3n) is 4.78. The summed E-state index contributed by atoms with van der Waals surface area (Å²) in [6.07, 6.45) is 17.3. The Morgan fingerprint density at radius 2 is 1.19 bits per heavy atom. The lowest BCUT2D eigenvalue weighted by atomic mass is 10.0. The number of nitrogen functional groups attached to an aromatic ring is 2. The van der Waals surface area contributed by atoms with E-state index >= 15 is 0 Å². The Balaban J connectivity index is 1.94. The van der Waals surface area contributed by atoms with Crippen molar-refractivity contribution in [1.29, 1.82) is 0 Å². The van der Waals surface area contributed by atoms with Crippen LogP contribution in [0.1, 0.15) is 96.0 Å². The molecular weight excluding hydrogens is 336 g/mol. The number of benzene rings is 1. The lowest BCUT2D eigenvalue weighted by Crippen LogP contribution is -2.14. The molecule has 1 aromatic carbocycles. The molecule has 0 aromatic heterocycles. The Labute approximate surface area is 165 Å². The average molecular weight is 377 g/mol. The maximum absolute atomic E-state index is 5.90. The molecule has 5 heteroatoms. The van der Waals surface area contributed by atoms with Crippen molar-refractivity contribution in [2.75, 3.05) is 18.1 Å². The van der Waals surface area contributed by atoms with Gasteiger partial charge < -0.3 is 22.0 Å². The lowest BCUT2D eigenvalue weighted by Gasteiger charge is -2.05. The van der Waals surface area contributed by atoms with Crippen molar-refractivity contribution in [3.8, 4) is 0 Å². The highest BCUT2D eigenvalue weighted by atomic mass is 16.6. The van der Waals surface area contributed by atoms with Crippen LogP contribution in [-0.2, 0) is 4.84 Å². The number of anilines is 2. The monoisotopic (exact) mass is 376 g/mol. The number of nitrogens with zero attached hydrogens (tertiary/aromatic N) is 1. The van der Waals surface area contributed by atoms with Gasteiger partial charge in [-0.05, 0) is 31.0 Å². The maximum atomic E-state index is 5.90. The number of amidine groups is 1. The first-order valence-electron chi connectivity index (χ1n) is 10.8. The van der Waals surface area contributed by atoms with Gasteiger partial charge in [0.25, 0.3) is 0 Å². The number of rotatable bonds is 16. The van der Waals surface area contributed by atoms with Gasteiger partial charge in [0.1, 0.15) is 6.61 Å². The molecule has 6 N–H and O–H groups in total. The molecule has 27 heavy (non-hydrogen) atoms. The molecule has 0 aliphatic rings. The second kappa shape index (κ2) is 15.2. The predicted octanol–water partition coefficient (Wildman–Crippen LogP) is 5.58. The van der Waals surface area contributed by atoms with Crippen molar-refractivity contribution in [3.05, 3.63) is 23.8 Å². The smallest absolute Gasteiger partial charge is 0.170 e. The minimum Gasteiger partial charge on any atom is -0.399 e. The van der Waals surface area contributed by atoms with Gasteiger partial charge in [0.15, 0.2) is 5.84 Å². The SMILES string of the molecule is CCCCCCCCCCCCCCCON=C(N)c1cc(N)cc(N)c1. The van der Waals surface area contributed by atoms with E-state index in [0.717, 1.165) is 6.42 Å². The third-order valence-corrected chi connectivity index (χ3v) is 4.78. The Kier molecular flexibility index (Phi) is 13.0. The summed E-state index contributed by atoms with van der Waals surface area (Å²) in [6, 6.07) is 5.17. The van der Waals surface area contributed by atoms with Crippen LogP contribution in [-0.4, -0.2) is 12.4 Å². The fourth-order valence-corrected chi connectivity index (χ4v) is 3.18. The van der Waals surface area contributed by atoms with Gasteiger partial charge >= 0.3 is 0 Å². The summed E-state index contributed by atoms with van der Waals surface area (Å²) >= 11 is 0. The summed E-state index contributed by atoms with van der Waals surface area (Å²) in [4.78, 5) is 5.31. The Morgan fingerprint density at radius 1 is 0.741 bits per heavy atom. The zero-order chi connectivity index (χ0) is 19.7. The summed E-state index contributed by atoms with van der Waals surface area (Å²) in [7, 11) is 0. The Hall–Kier alpha value is -1.91. The number of oxime groups is 1. The van der Waals surface area contributed by atoms with Crippen molar-refractivity contribution >= 4 is 17.2 Å². The fraction of sp³-hybridized carbons (Fsp3) is 0.682. The van der Waals surface area contributed by atoms with Crippen molar-refractivity contribution in [2.45, 2.75) is 90.4 Å². The first-order valence-corrected chi connectivity index (χ1v) is 10.8. The highest BCUT2D eigenvalue weighted by Crippen LogP contribution is 2.14. The van der Waals surface area contributed by atoms with E-state index in [1.54, 1.807) is 18.2 Å². The van der Waals surface area contributed by atoms with Crippen molar-refractivity contribution in [2.24, 2.45) is 10.9 Å². The van der Waals surface area contributed by atoms with Gasteiger partial charge in [-0.2, -0.15) is 0 Å². The zero-order valence-electron chi connectivity index (χ0n) is 17.2. The first-order chi connectivity index (χ1) is 13.1. The van der Waals surface area contributed by atoms with E-state index in [2.05, 4.69) is 12.1 Å². The Bertz CT molecular complexity index is 511. The second-order valence-corrected chi connectivity index (χ2v) is 7.44. The van der Waals surface area contributed by atoms with Gasteiger partial charge in [-0.15, -0.1) is 0 Å². The highest BCUT2D eigenvalue weighted by molar-refractivity contribution is 5.98. The van der Waals surface area contributed by atoms with Crippen molar-refractivity contribution in [3.63, 3.8) is 0 Å². The summed E-state index contributed by atoms with van der Waals surface area (Å²) < 4.78 is 0. The molecule has 0 fully saturated rings. The van der Waals surface area contributed by atoms with Crippen LogP contribution >= 0.6 is 0 Å². The van der Waals surface area contributed by atoms with E-state index in [-0.39, 0.29) is 0 Å². The first kappa shape index (κ1) is 23.1. The number of hydrogen-bond acceptors (Lipinski definition) is 4. The number of nitrogens with two attached hydrogens (primary N) is 3. The topological polar surface area (TPSA) is 99.6 Å². The van der Waals surface area contributed by atoms with Gasteiger partial charge in [-0.3, -0.25) is 0 Å². The van der Waals surface area contributed by atoms with E-state index in [1.165, 1.54) is 77.0 Å². The lowest BCUT2D eigenvalue weighted by molar-refractivity contribution is 0.139. The molecule has 154 valence electrons. The van der Waals surface area contributed by atoms with Crippen molar-refractivity contribution < 1.29 is 4.84 Å². The second-order valence-electron chi connectivity index (χ2n) is 7.44. The summed E-state index contributed by atoms with van der Waals surface area (Å²) in [5.74, 6) is 0.309. The van der Waals surface area contributed by atoms with Crippen LogP contribution in [0.5, 0.6) is 0 Å². The van der Waals surface area contributed by atoms with Gasteiger partial charge in [-0.1, -0.05) is 82.7 Å². The molecule has 0 spiro atoms. The largest absolute Gasteiger partial charge is 0.399 e. The summed E-state index contributed by atoms with van der Waals surface area (Å²) in [5.41, 5.74) is 19.2. The van der Waals surface area contributed by atoms with Crippen LogP contribution in [0.4, 0.5) is 11.4 Å². The van der Waals surface area contributed by atoms with Crippen LogP contribution < -0.4 is 17.2 Å². The quantitative estimate of drug-likeness (QED) is 0.115. The van der Waals surface area contributed by atoms with Crippen LogP contribution in [0.15, 0.2) is 23.4 Å². The fourth-order valence-electron chi connectivity index (χ4n) is 3.18. The standard InChI is InChI=1S/C22H40N4O/c1-2-3-4-5-6-7-8-9-10-11-12-13-14-15-27-26-22(25)19-16-20(23)18-21(24)17-19/h16-18H,2-15,23-24H2,1H3,(H2,25,26). The molecular formula is C22H40N4O. The van der Waals surface area contributed by atoms with Gasteiger partial charge in [0.2, 0.25) is 0 Å². The van der Waals surface area contributed by atoms with Crippen LogP contribution in [0, 0.1) is 0 Å². The molecule has 0 unspecified atom stereocenters. The minimum atomic E-state index is 0.309. The van der Waals surface area contributed by atoms with E-state index < -0.39 is 0 Å². The molecule has 0 bridgehead atoms. The summed E-state index contributed by atoms with van der Waals surface area (Å²) in [5, 5.41) is 3.95. The van der Waals surface area contributed by atoms with E-state index in [4.69, 9.17) is 22.0 Å². The van der Waals surface area contributed by atoms with E-state index in [1.807, 2.05) is 0 Å². The number of unbranched alkanes of at least 4 members (excludes halogenated alkanes) is 12. The molecule has 1 aromatic rings. The molecule has 0 radical (unpaired) electrons. The van der Waals surface area contributed by atoms with Gasteiger partial charge in [0.05, 0.1) is 0 Å². The van der Waals surface area contributed by atoms with Crippen LogP contribution in [0.2, 0.25) is 0 Å². The molecule has 5 nitrogen and oxygen atoms in total. The van der Waals surface area contributed by atoms with Crippen molar-refractivity contribution in [1.82, 2.24) is 0 Å². The van der Waals surface area contributed by atoms with Gasteiger partial charge in [-0.25, -0.2) is 0 Å². The summed E-state index contributed by atoms with van der Waals surface area (Å²) in [6.45, 7) is 2.86. The van der Waals surface area contributed by atoms with E-state index in [9.17, 15) is 0 Å². The normalized spacial score (nSPS) is 11.7.